The summed E-state index contributed by atoms with van der Waals surface area (Å²) in [6, 6.07) is 8.98. The van der Waals surface area contributed by atoms with Gasteiger partial charge in [-0.1, -0.05) is 23.7 Å². The Hall–Kier alpha value is -3.17. The van der Waals surface area contributed by atoms with Crippen molar-refractivity contribution >= 4 is 29.1 Å². The number of nitrogens with two attached hydrogens (primary N) is 1. The fourth-order valence-electron chi connectivity index (χ4n) is 2.62. The number of hydrogen-bond acceptors (Lipinski definition) is 4. The van der Waals surface area contributed by atoms with Gasteiger partial charge in [-0.25, -0.2) is 18.3 Å². The normalized spacial score (nSPS) is 10.8. The van der Waals surface area contributed by atoms with Crippen molar-refractivity contribution in [3.05, 3.63) is 59.1 Å². The summed E-state index contributed by atoms with van der Waals surface area (Å²) in [5.74, 6) is -1.45. The highest BCUT2D eigenvalue weighted by Crippen LogP contribution is 2.35. The first-order valence-corrected chi connectivity index (χ1v) is 8.92. The van der Waals surface area contributed by atoms with E-state index in [0.29, 0.717) is 17.2 Å². The molecule has 0 atom stereocenters. The van der Waals surface area contributed by atoms with Crippen LogP contribution in [0.2, 0.25) is 5.02 Å². The van der Waals surface area contributed by atoms with Crippen LogP contribution in [-0.4, -0.2) is 36.1 Å². The summed E-state index contributed by atoms with van der Waals surface area (Å²) < 4.78 is 33.9. The van der Waals surface area contributed by atoms with Gasteiger partial charge in [-0.3, -0.25) is 0 Å². The lowest BCUT2D eigenvalue weighted by Gasteiger charge is -2.09. The van der Waals surface area contributed by atoms with Crippen molar-refractivity contribution in [2.75, 3.05) is 31.3 Å². The molecule has 0 aliphatic heterocycles. The van der Waals surface area contributed by atoms with E-state index in [1.54, 1.807) is 24.3 Å². The molecule has 1 heterocycles. The zero-order valence-electron chi connectivity index (χ0n) is 15.4. The van der Waals surface area contributed by atoms with Crippen molar-refractivity contribution < 1.29 is 18.3 Å². The first kappa shape index (κ1) is 20.6. The summed E-state index contributed by atoms with van der Waals surface area (Å²) in [5.41, 5.74) is 6.94. The molecule has 1 aromatic heterocycles. The van der Waals surface area contributed by atoms with Crippen LogP contribution in [0, 0.1) is 11.6 Å². The van der Waals surface area contributed by atoms with Gasteiger partial charge in [-0.05, 0) is 24.3 Å². The number of amides is 2. The Labute approximate surface area is 170 Å². The van der Waals surface area contributed by atoms with Gasteiger partial charge in [-0.15, -0.1) is 0 Å². The van der Waals surface area contributed by atoms with Gasteiger partial charge in [0.15, 0.2) is 5.82 Å². The van der Waals surface area contributed by atoms with E-state index in [-0.39, 0.29) is 29.4 Å². The van der Waals surface area contributed by atoms with Crippen molar-refractivity contribution in [3.63, 3.8) is 0 Å². The number of nitrogen functional groups attached to an aromatic ring is 1. The Morgan fingerprint density at radius 1 is 1.24 bits per heavy atom. The van der Waals surface area contributed by atoms with E-state index >= 15 is 0 Å². The van der Waals surface area contributed by atoms with Gasteiger partial charge < -0.3 is 21.1 Å². The molecule has 29 heavy (non-hydrogen) atoms. The second-order valence-corrected chi connectivity index (χ2v) is 6.43. The van der Waals surface area contributed by atoms with Gasteiger partial charge in [0, 0.05) is 30.3 Å². The molecule has 152 valence electrons. The second kappa shape index (κ2) is 8.89. The van der Waals surface area contributed by atoms with Crippen molar-refractivity contribution in [3.8, 4) is 16.9 Å². The van der Waals surface area contributed by atoms with Crippen molar-refractivity contribution in [2.24, 2.45) is 0 Å². The summed E-state index contributed by atoms with van der Waals surface area (Å²) in [7, 11) is 1.51. The third-order valence-corrected chi connectivity index (χ3v) is 4.26. The van der Waals surface area contributed by atoms with Crippen molar-refractivity contribution in [1.82, 2.24) is 15.1 Å². The molecule has 4 N–H and O–H groups in total. The number of carbonyl (C=O) groups is 1. The summed E-state index contributed by atoms with van der Waals surface area (Å²) in [6.45, 7) is 0.589. The Morgan fingerprint density at radius 3 is 2.66 bits per heavy atom. The zero-order chi connectivity index (χ0) is 21.0. The number of aromatic nitrogens is 2. The van der Waals surface area contributed by atoms with Crippen LogP contribution in [0.4, 0.5) is 25.1 Å². The molecule has 0 saturated carbocycles. The van der Waals surface area contributed by atoms with E-state index in [1.807, 2.05) is 0 Å². The number of ether oxygens (including phenoxy) is 1. The molecule has 0 aliphatic carbocycles. The topological polar surface area (TPSA) is 94.2 Å². The zero-order valence-corrected chi connectivity index (χ0v) is 16.1. The molecule has 0 bridgehead atoms. The lowest BCUT2D eigenvalue weighted by Crippen LogP contribution is -2.31. The number of hydrogen-bond donors (Lipinski definition) is 3. The Bertz CT molecular complexity index is 1020. The molecule has 0 saturated heterocycles. The molecular weight excluding hydrogens is 404 g/mol. The van der Waals surface area contributed by atoms with Gasteiger partial charge >= 0.3 is 6.03 Å². The summed E-state index contributed by atoms with van der Waals surface area (Å²) >= 11 is 5.93. The predicted octanol–water partition coefficient (Wildman–Crippen LogP) is 3.82. The molecule has 0 unspecified atom stereocenters. The van der Waals surface area contributed by atoms with Crippen molar-refractivity contribution in [1.29, 1.82) is 0 Å². The number of rotatable bonds is 6. The lowest BCUT2D eigenvalue weighted by molar-refractivity contribution is 0.198. The number of nitrogens with zero attached hydrogens (tertiary/aromatic N) is 2. The fourth-order valence-corrected chi connectivity index (χ4v) is 2.75. The summed E-state index contributed by atoms with van der Waals surface area (Å²) in [6.07, 6.45) is 0. The average Bonchev–Trinajstić information content (AvgIpc) is 3.01. The SMILES string of the molecule is COCCNC(=O)Nc1c(-c2ccc(Cl)cc2)nn(-c2cc(F)ccc2F)c1N. The van der Waals surface area contributed by atoms with E-state index in [2.05, 4.69) is 15.7 Å². The third-order valence-electron chi connectivity index (χ3n) is 4.01. The second-order valence-electron chi connectivity index (χ2n) is 6.00. The minimum atomic E-state index is -0.723. The highest BCUT2D eigenvalue weighted by Gasteiger charge is 2.22. The van der Waals surface area contributed by atoms with Gasteiger partial charge in [0.2, 0.25) is 0 Å². The maximum Gasteiger partial charge on any atom is 0.319 e. The number of halogens is 3. The van der Waals surface area contributed by atoms with Gasteiger partial charge in [0.1, 0.15) is 28.7 Å². The summed E-state index contributed by atoms with van der Waals surface area (Å²) in [4.78, 5) is 12.2. The quantitative estimate of drug-likeness (QED) is 0.527. The molecular formula is C19H18ClF2N5O2. The minimum Gasteiger partial charge on any atom is -0.383 e. The van der Waals surface area contributed by atoms with E-state index in [0.717, 1.165) is 22.9 Å². The van der Waals surface area contributed by atoms with Crippen LogP contribution in [-0.2, 0) is 4.74 Å². The van der Waals surface area contributed by atoms with Crippen LogP contribution < -0.4 is 16.4 Å². The monoisotopic (exact) mass is 421 g/mol. The Morgan fingerprint density at radius 2 is 1.97 bits per heavy atom. The standard InChI is InChI=1S/C19H18ClF2N5O2/c1-29-9-8-24-19(28)25-17-16(11-2-4-12(20)5-3-11)26-27(18(17)23)15-10-13(21)6-7-14(15)22/h2-7,10H,8-9,23H2,1H3,(H2,24,25,28). The van der Waals surface area contributed by atoms with E-state index in [9.17, 15) is 13.6 Å². The minimum absolute atomic E-state index is 0.0682. The Kier molecular flexibility index (Phi) is 6.30. The van der Waals surface area contributed by atoms with E-state index in [4.69, 9.17) is 22.1 Å². The number of anilines is 2. The number of nitrogens with one attached hydrogen (secondary N) is 2. The van der Waals surface area contributed by atoms with Crippen LogP contribution in [0.1, 0.15) is 0 Å². The number of methoxy groups -OCH3 is 1. The first-order valence-electron chi connectivity index (χ1n) is 8.54. The smallest absolute Gasteiger partial charge is 0.319 e. The third kappa shape index (κ3) is 4.64. The molecule has 2 amide bonds. The average molecular weight is 422 g/mol. The van der Waals surface area contributed by atoms with Crippen LogP contribution in [0.15, 0.2) is 42.5 Å². The van der Waals surface area contributed by atoms with Crippen molar-refractivity contribution in [2.45, 2.75) is 0 Å². The maximum absolute atomic E-state index is 14.3. The molecule has 10 heteroatoms. The Balaban J connectivity index is 2.06. The number of benzene rings is 2. The molecule has 7 nitrogen and oxygen atoms in total. The molecule has 0 spiro atoms. The first-order chi connectivity index (χ1) is 13.9. The van der Waals surface area contributed by atoms with Crippen LogP contribution >= 0.6 is 11.6 Å². The molecule has 3 aromatic rings. The molecule has 0 aliphatic rings. The highest BCUT2D eigenvalue weighted by molar-refractivity contribution is 6.30. The van der Waals surface area contributed by atoms with Crippen LogP contribution in [0.5, 0.6) is 0 Å². The van der Waals surface area contributed by atoms with E-state index in [1.165, 1.54) is 7.11 Å². The van der Waals surface area contributed by atoms with Gasteiger partial charge in [0.05, 0.1) is 6.61 Å². The lowest BCUT2D eigenvalue weighted by atomic mass is 10.1. The molecule has 2 aromatic carbocycles. The predicted molar refractivity (Wildman–Crippen MR) is 107 cm³/mol. The largest absolute Gasteiger partial charge is 0.383 e. The molecule has 3 rings (SSSR count). The number of carbonyl (C=O) groups excluding carboxylic acids is 1. The van der Waals surface area contributed by atoms with Crippen LogP contribution in [0.3, 0.4) is 0 Å². The van der Waals surface area contributed by atoms with E-state index < -0.39 is 17.7 Å². The van der Waals surface area contributed by atoms with Gasteiger partial charge in [-0.2, -0.15) is 5.10 Å². The van der Waals surface area contributed by atoms with Gasteiger partial charge in [0.25, 0.3) is 0 Å². The highest BCUT2D eigenvalue weighted by atomic mass is 35.5. The summed E-state index contributed by atoms with van der Waals surface area (Å²) in [5, 5.41) is 10.0. The number of urea groups is 1. The molecule has 0 fully saturated rings. The maximum atomic E-state index is 14.3. The van der Waals surface area contributed by atoms with Crippen LogP contribution in [0.25, 0.3) is 16.9 Å². The fraction of sp³-hybridized carbons (Fsp3) is 0.158. The molecule has 0 radical (unpaired) electrons.